The van der Waals surface area contributed by atoms with Crippen LogP contribution >= 0.6 is 0 Å². The average molecular weight is 141 g/mol. The predicted molar refractivity (Wildman–Crippen MR) is 41.6 cm³/mol. The van der Waals surface area contributed by atoms with E-state index >= 15 is 0 Å². The Bertz CT molecular complexity index is 135. The van der Waals surface area contributed by atoms with Gasteiger partial charge in [-0.15, -0.1) is 6.58 Å². The molecule has 0 amide bonds. The fraction of sp³-hybridized carbons (Fsp3) is 0.750. The highest BCUT2D eigenvalue weighted by Gasteiger charge is 2.33. The Kier molecular flexibility index (Phi) is 2.11. The summed E-state index contributed by atoms with van der Waals surface area (Å²) in [5.74, 6) is 0. The molecule has 1 fully saturated rings. The predicted octanol–water partition coefficient (Wildman–Crippen LogP) is 0.805. The van der Waals surface area contributed by atoms with Crippen molar-refractivity contribution in [1.82, 2.24) is 0 Å². The van der Waals surface area contributed by atoms with E-state index < -0.39 is 5.60 Å². The summed E-state index contributed by atoms with van der Waals surface area (Å²) in [7, 11) is 0. The first-order chi connectivity index (χ1) is 4.66. The van der Waals surface area contributed by atoms with Crippen LogP contribution in [0.15, 0.2) is 12.7 Å². The quantitative estimate of drug-likeness (QED) is 0.559. The Balaban J connectivity index is 2.45. The first-order valence-electron chi connectivity index (χ1n) is 3.75. The van der Waals surface area contributed by atoms with E-state index in [1.165, 1.54) is 0 Å². The normalized spacial score (nSPS) is 40.0. The third-order valence-electron chi connectivity index (χ3n) is 2.15. The lowest BCUT2D eigenvalue weighted by Gasteiger charge is -2.19. The summed E-state index contributed by atoms with van der Waals surface area (Å²) in [6.07, 6.45) is 4.96. The second-order valence-electron chi connectivity index (χ2n) is 3.22. The molecule has 2 nitrogen and oxygen atoms in total. The third-order valence-corrected chi connectivity index (χ3v) is 2.15. The van der Waals surface area contributed by atoms with Gasteiger partial charge in [0, 0.05) is 6.04 Å². The molecule has 10 heavy (non-hydrogen) atoms. The largest absolute Gasteiger partial charge is 0.390 e. The maximum Gasteiger partial charge on any atom is 0.0697 e. The highest BCUT2D eigenvalue weighted by molar-refractivity contribution is 4.95. The molecule has 1 aliphatic carbocycles. The summed E-state index contributed by atoms with van der Waals surface area (Å²) in [5, 5.41) is 9.71. The number of hydrogen-bond donors (Lipinski definition) is 2. The lowest BCUT2D eigenvalue weighted by molar-refractivity contribution is 0.0497. The lowest BCUT2D eigenvalue weighted by Crippen LogP contribution is -2.26. The van der Waals surface area contributed by atoms with E-state index in [0.717, 1.165) is 19.3 Å². The van der Waals surface area contributed by atoms with Crippen LogP contribution in [-0.2, 0) is 0 Å². The van der Waals surface area contributed by atoms with Gasteiger partial charge in [-0.1, -0.05) is 6.08 Å². The summed E-state index contributed by atoms with van der Waals surface area (Å²) >= 11 is 0. The van der Waals surface area contributed by atoms with Gasteiger partial charge in [0.25, 0.3) is 0 Å². The molecule has 0 aromatic heterocycles. The van der Waals surface area contributed by atoms with Crippen molar-refractivity contribution in [2.24, 2.45) is 5.73 Å². The number of rotatable bonds is 2. The maximum atomic E-state index is 9.71. The molecule has 3 N–H and O–H groups in total. The van der Waals surface area contributed by atoms with E-state index in [0.29, 0.717) is 6.42 Å². The Morgan fingerprint density at radius 3 is 2.90 bits per heavy atom. The average Bonchev–Trinajstić information content (AvgIpc) is 2.12. The van der Waals surface area contributed by atoms with Gasteiger partial charge in [-0.25, -0.2) is 0 Å². The Labute approximate surface area is 61.7 Å². The minimum atomic E-state index is -0.527. The van der Waals surface area contributed by atoms with Crippen molar-refractivity contribution in [2.45, 2.75) is 37.3 Å². The molecule has 2 unspecified atom stereocenters. The van der Waals surface area contributed by atoms with Crippen LogP contribution in [0.5, 0.6) is 0 Å². The smallest absolute Gasteiger partial charge is 0.0697 e. The topological polar surface area (TPSA) is 46.2 Å². The first kappa shape index (κ1) is 7.76. The molecule has 0 saturated heterocycles. The molecule has 0 bridgehead atoms. The van der Waals surface area contributed by atoms with E-state index in [2.05, 4.69) is 6.58 Å². The summed E-state index contributed by atoms with van der Waals surface area (Å²) in [5.41, 5.74) is 5.12. The molecule has 0 aromatic rings. The zero-order valence-corrected chi connectivity index (χ0v) is 6.21. The van der Waals surface area contributed by atoms with Crippen molar-refractivity contribution in [2.75, 3.05) is 0 Å². The molecule has 2 atom stereocenters. The van der Waals surface area contributed by atoms with Gasteiger partial charge < -0.3 is 10.8 Å². The molecule has 1 saturated carbocycles. The van der Waals surface area contributed by atoms with Crippen LogP contribution in [0, 0.1) is 0 Å². The molecule has 0 aromatic carbocycles. The first-order valence-corrected chi connectivity index (χ1v) is 3.75. The standard InChI is InChI=1S/C8H15NO/c1-2-4-8(10)5-3-7(9)6-8/h2,7,10H,1,3-6,9H2. The molecule has 58 valence electrons. The Hall–Kier alpha value is -0.340. The second-order valence-corrected chi connectivity index (χ2v) is 3.22. The zero-order valence-electron chi connectivity index (χ0n) is 6.21. The van der Waals surface area contributed by atoms with Crippen molar-refractivity contribution >= 4 is 0 Å². The van der Waals surface area contributed by atoms with E-state index in [4.69, 9.17) is 5.73 Å². The van der Waals surface area contributed by atoms with E-state index in [-0.39, 0.29) is 6.04 Å². The van der Waals surface area contributed by atoms with E-state index in [9.17, 15) is 5.11 Å². The summed E-state index contributed by atoms with van der Waals surface area (Å²) in [6, 6.07) is 0.199. The molecule has 0 aliphatic heterocycles. The van der Waals surface area contributed by atoms with Crippen molar-refractivity contribution < 1.29 is 5.11 Å². The van der Waals surface area contributed by atoms with Crippen molar-refractivity contribution in [3.63, 3.8) is 0 Å². The van der Waals surface area contributed by atoms with Crippen LogP contribution in [0.2, 0.25) is 0 Å². The highest BCUT2D eigenvalue weighted by Crippen LogP contribution is 2.31. The fourth-order valence-electron chi connectivity index (χ4n) is 1.60. The van der Waals surface area contributed by atoms with Crippen LogP contribution < -0.4 is 5.73 Å². The van der Waals surface area contributed by atoms with E-state index in [1.54, 1.807) is 6.08 Å². The summed E-state index contributed by atoms with van der Waals surface area (Å²) in [6.45, 7) is 3.59. The van der Waals surface area contributed by atoms with Crippen molar-refractivity contribution in [1.29, 1.82) is 0 Å². The van der Waals surface area contributed by atoms with Gasteiger partial charge >= 0.3 is 0 Å². The van der Waals surface area contributed by atoms with Gasteiger partial charge in [0.1, 0.15) is 0 Å². The van der Waals surface area contributed by atoms with Gasteiger partial charge in [-0.2, -0.15) is 0 Å². The van der Waals surface area contributed by atoms with Crippen molar-refractivity contribution in [3.8, 4) is 0 Å². The molecule has 0 radical (unpaired) electrons. The van der Waals surface area contributed by atoms with Crippen LogP contribution in [0.1, 0.15) is 25.7 Å². The molecular formula is C8H15NO. The molecule has 0 spiro atoms. The Morgan fingerprint density at radius 2 is 2.50 bits per heavy atom. The van der Waals surface area contributed by atoms with Crippen LogP contribution in [0.3, 0.4) is 0 Å². The zero-order chi connectivity index (χ0) is 7.61. The number of nitrogens with two attached hydrogens (primary N) is 1. The fourth-order valence-corrected chi connectivity index (χ4v) is 1.60. The van der Waals surface area contributed by atoms with Gasteiger partial charge in [0.15, 0.2) is 0 Å². The number of aliphatic hydroxyl groups is 1. The molecule has 1 rings (SSSR count). The Morgan fingerprint density at radius 1 is 1.80 bits per heavy atom. The minimum Gasteiger partial charge on any atom is -0.390 e. The van der Waals surface area contributed by atoms with Gasteiger partial charge in [0.05, 0.1) is 5.60 Å². The van der Waals surface area contributed by atoms with Gasteiger partial charge in [0.2, 0.25) is 0 Å². The molecule has 2 heteroatoms. The molecule has 0 heterocycles. The van der Waals surface area contributed by atoms with Crippen LogP contribution in [-0.4, -0.2) is 16.7 Å². The van der Waals surface area contributed by atoms with Gasteiger partial charge in [-0.05, 0) is 25.7 Å². The highest BCUT2D eigenvalue weighted by atomic mass is 16.3. The van der Waals surface area contributed by atoms with E-state index in [1.807, 2.05) is 0 Å². The lowest BCUT2D eigenvalue weighted by atomic mass is 9.98. The minimum absolute atomic E-state index is 0.199. The van der Waals surface area contributed by atoms with Gasteiger partial charge in [-0.3, -0.25) is 0 Å². The second kappa shape index (κ2) is 2.72. The van der Waals surface area contributed by atoms with Crippen molar-refractivity contribution in [3.05, 3.63) is 12.7 Å². The molecule has 1 aliphatic rings. The number of hydrogen-bond acceptors (Lipinski definition) is 2. The third kappa shape index (κ3) is 1.58. The maximum absolute atomic E-state index is 9.71. The summed E-state index contributed by atoms with van der Waals surface area (Å²) < 4.78 is 0. The van der Waals surface area contributed by atoms with Crippen LogP contribution in [0.25, 0.3) is 0 Å². The summed E-state index contributed by atoms with van der Waals surface area (Å²) in [4.78, 5) is 0. The molecular weight excluding hydrogens is 126 g/mol. The monoisotopic (exact) mass is 141 g/mol. The SMILES string of the molecule is C=CCC1(O)CCC(N)C1. The van der Waals surface area contributed by atoms with Crippen LogP contribution in [0.4, 0.5) is 0 Å².